The molecule has 0 radical (unpaired) electrons. The molecule has 0 saturated heterocycles. The smallest absolute Gasteiger partial charge is 0.156 e. The summed E-state index contributed by atoms with van der Waals surface area (Å²) in [6.07, 6.45) is 8.04. The van der Waals surface area contributed by atoms with Gasteiger partial charge in [-0.15, -0.1) is 0 Å². The zero-order valence-corrected chi connectivity index (χ0v) is 10.4. The lowest BCUT2D eigenvalue weighted by molar-refractivity contribution is 0.306. The molecule has 4 N–H and O–H groups in total. The molecule has 1 unspecified atom stereocenters. The third-order valence-electron chi connectivity index (χ3n) is 3.68. The number of amidine groups is 1. The van der Waals surface area contributed by atoms with Crippen molar-refractivity contribution in [2.75, 3.05) is 0 Å². The molecule has 0 aromatic rings. The van der Waals surface area contributed by atoms with Crippen LogP contribution in [0.5, 0.6) is 0 Å². The van der Waals surface area contributed by atoms with E-state index in [1.165, 1.54) is 38.5 Å². The highest BCUT2D eigenvalue weighted by Crippen LogP contribution is 2.25. The van der Waals surface area contributed by atoms with Gasteiger partial charge in [0.05, 0.1) is 6.04 Å². The maximum absolute atomic E-state index is 8.60. The molecule has 0 aromatic heterocycles. The molecule has 94 valence electrons. The molecule has 4 heteroatoms. The second-order valence-corrected chi connectivity index (χ2v) is 4.95. The second kappa shape index (κ2) is 6.74. The van der Waals surface area contributed by atoms with Crippen LogP contribution in [0.2, 0.25) is 0 Å². The highest BCUT2D eigenvalue weighted by atomic mass is 16.4. The summed E-state index contributed by atoms with van der Waals surface area (Å²) >= 11 is 0. The van der Waals surface area contributed by atoms with Crippen molar-refractivity contribution in [1.29, 1.82) is 0 Å². The summed E-state index contributed by atoms with van der Waals surface area (Å²) in [6, 6.07) is 0.386. The van der Waals surface area contributed by atoms with Crippen LogP contribution in [0.4, 0.5) is 0 Å². The van der Waals surface area contributed by atoms with E-state index in [9.17, 15) is 0 Å². The van der Waals surface area contributed by atoms with Gasteiger partial charge in [-0.25, -0.2) is 0 Å². The molecule has 1 saturated carbocycles. The molecule has 4 nitrogen and oxygen atoms in total. The Kier molecular flexibility index (Phi) is 5.60. The number of oxime groups is 1. The van der Waals surface area contributed by atoms with E-state index in [2.05, 4.69) is 17.4 Å². The van der Waals surface area contributed by atoms with Crippen molar-refractivity contribution >= 4 is 5.84 Å². The number of hydrogen-bond donors (Lipinski definition) is 3. The molecule has 1 fully saturated rings. The Hall–Kier alpha value is -0.770. The summed E-state index contributed by atoms with van der Waals surface area (Å²) in [7, 11) is 0. The summed E-state index contributed by atoms with van der Waals surface area (Å²) in [5.41, 5.74) is 5.56. The topological polar surface area (TPSA) is 70.6 Å². The van der Waals surface area contributed by atoms with Gasteiger partial charge in [-0.2, -0.15) is 0 Å². The van der Waals surface area contributed by atoms with E-state index in [-0.39, 0.29) is 11.9 Å². The number of nitrogens with two attached hydrogens (primary N) is 1. The van der Waals surface area contributed by atoms with Crippen LogP contribution in [0.15, 0.2) is 5.16 Å². The lowest BCUT2D eigenvalue weighted by atomic mass is 9.92. The van der Waals surface area contributed by atoms with Gasteiger partial charge in [0.2, 0.25) is 0 Å². The molecule has 1 aliphatic rings. The molecule has 16 heavy (non-hydrogen) atoms. The molecule has 1 rings (SSSR count). The third kappa shape index (κ3) is 4.00. The van der Waals surface area contributed by atoms with Crippen molar-refractivity contribution < 1.29 is 5.21 Å². The average molecular weight is 227 g/mol. The Labute approximate surface area is 98.3 Å². The van der Waals surface area contributed by atoms with Crippen LogP contribution in [0, 0.1) is 5.92 Å². The third-order valence-corrected chi connectivity index (χ3v) is 3.68. The fourth-order valence-electron chi connectivity index (χ4n) is 2.51. The minimum absolute atomic E-state index is 0.0525. The van der Waals surface area contributed by atoms with Gasteiger partial charge in [0.25, 0.3) is 0 Å². The fraction of sp³-hybridized carbons (Fsp3) is 0.917. The lowest BCUT2D eigenvalue weighted by Crippen LogP contribution is -2.46. The van der Waals surface area contributed by atoms with Crippen LogP contribution in [-0.4, -0.2) is 23.1 Å². The Bertz CT molecular complexity index is 222. The van der Waals surface area contributed by atoms with Crippen molar-refractivity contribution in [3.05, 3.63) is 0 Å². The molecule has 0 aromatic carbocycles. The van der Waals surface area contributed by atoms with Crippen molar-refractivity contribution in [3.8, 4) is 0 Å². The summed E-state index contributed by atoms with van der Waals surface area (Å²) < 4.78 is 0. The van der Waals surface area contributed by atoms with Gasteiger partial charge in [0, 0.05) is 6.04 Å². The Morgan fingerprint density at radius 3 is 2.31 bits per heavy atom. The molecule has 0 heterocycles. The predicted octanol–water partition coefficient (Wildman–Crippen LogP) is 2.07. The van der Waals surface area contributed by atoms with Crippen molar-refractivity contribution in [2.45, 2.75) is 64.5 Å². The first kappa shape index (κ1) is 13.3. The van der Waals surface area contributed by atoms with Crippen LogP contribution in [0.3, 0.4) is 0 Å². The lowest BCUT2D eigenvalue weighted by Gasteiger charge is -2.26. The van der Waals surface area contributed by atoms with E-state index in [0.29, 0.717) is 6.04 Å². The summed E-state index contributed by atoms with van der Waals surface area (Å²) in [6.45, 7) is 4.14. The highest BCUT2D eigenvalue weighted by molar-refractivity contribution is 5.84. The van der Waals surface area contributed by atoms with Gasteiger partial charge >= 0.3 is 0 Å². The molecular weight excluding hydrogens is 202 g/mol. The summed E-state index contributed by atoms with van der Waals surface area (Å²) in [5, 5.41) is 15.0. The standard InChI is InChI=1S/C12H25N3O/c1-9(14-10(2)12(13)15-16)11-7-5-3-4-6-8-11/h9-11,14,16H,3-8H2,1-2H3,(H2,13,15)/t9-,10?/m0/s1. The van der Waals surface area contributed by atoms with Crippen LogP contribution < -0.4 is 11.1 Å². The largest absolute Gasteiger partial charge is 0.409 e. The van der Waals surface area contributed by atoms with E-state index in [0.717, 1.165) is 5.92 Å². The molecule has 0 bridgehead atoms. The number of nitrogens with one attached hydrogen (secondary N) is 1. The predicted molar refractivity (Wildman–Crippen MR) is 66.7 cm³/mol. The SMILES string of the molecule is CC(N[C@@H](C)C1CCCCCC1)C(N)=NO. The molecule has 2 atom stereocenters. The number of rotatable bonds is 4. The van der Waals surface area contributed by atoms with Gasteiger partial charge in [-0.1, -0.05) is 30.8 Å². The van der Waals surface area contributed by atoms with Gasteiger partial charge in [0.1, 0.15) is 0 Å². The van der Waals surface area contributed by atoms with E-state index in [1.54, 1.807) is 0 Å². The average Bonchev–Trinajstić information content (AvgIpc) is 2.56. The van der Waals surface area contributed by atoms with Gasteiger partial charge in [0.15, 0.2) is 5.84 Å². The minimum atomic E-state index is -0.0525. The van der Waals surface area contributed by atoms with Gasteiger partial charge < -0.3 is 16.3 Å². The Balaban J connectivity index is 2.40. The fourth-order valence-corrected chi connectivity index (χ4v) is 2.51. The Morgan fingerprint density at radius 2 is 1.81 bits per heavy atom. The van der Waals surface area contributed by atoms with Crippen LogP contribution in [0.1, 0.15) is 52.4 Å². The van der Waals surface area contributed by atoms with Crippen LogP contribution in [0.25, 0.3) is 0 Å². The van der Waals surface area contributed by atoms with E-state index in [4.69, 9.17) is 10.9 Å². The first-order valence-corrected chi connectivity index (χ1v) is 6.38. The van der Waals surface area contributed by atoms with Crippen molar-refractivity contribution in [2.24, 2.45) is 16.8 Å². The van der Waals surface area contributed by atoms with Crippen LogP contribution in [-0.2, 0) is 0 Å². The first-order chi connectivity index (χ1) is 7.65. The quantitative estimate of drug-likeness (QED) is 0.226. The molecule has 0 spiro atoms. The molecule has 0 amide bonds. The summed E-state index contributed by atoms with van der Waals surface area (Å²) in [4.78, 5) is 0. The van der Waals surface area contributed by atoms with Gasteiger partial charge in [-0.05, 0) is 32.6 Å². The monoisotopic (exact) mass is 227 g/mol. The van der Waals surface area contributed by atoms with E-state index >= 15 is 0 Å². The van der Waals surface area contributed by atoms with Crippen molar-refractivity contribution in [1.82, 2.24) is 5.32 Å². The zero-order valence-electron chi connectivity index (χ0n) is 10.4. The van der Waals surface area contributed by atoms with Gasteiger partial charge in [-0.3, -0.25) is 0 Å². The second-order valence-electron chi connectivity index (χ2n) is 4.95. The number of nitrogens with zero attached hydrogens (tertiary/aromatic N) is 1. The van der Waals surface area contributed by atoms with E-state index in [1.807, 2.05) is 6.92 Å². The normalized spacial score (nSPS) is 23.8. The Morgan fingerprint density at radius 1 is 1.25 bits per heavy atom. The van der Waals surface area contributed by atoms with E-state index < -0.39 is 0 Å². The molecular formula is C12H25N3O. The van der Waals surface area contributed by atoms with Crippen molar-refractivity contribution in [3.63, 3.8) is 0 Å². The van der Waals surface area contributed by atoms with Crippen LogP contribution >= 0.6 is 0 Å². The first-order valence-electron chi connectivity index (χ1n) is 6.38. The molecule has 0 aliphatic heterocycles. The maximum Gasteiger partial charge on any atom is 0.156 e. The minimum Gasteiger partial charge on any atom is -0.409 e. The zero-order chi connectivity index (χ0) is 12.0. The highest BCUT2D eigenvalue weighted by Gasteiger charge is 2.21. The maximum atomic E-state index is 8.60. The number of hydrogen-bond acceptors (Lipinski definition) is 3. The summed E-state index contributed by atoms with van der Waals surface area (Å²) in [5.74, 6) is 0.997. The molecule has 1 aliphatic carbocycles.